The van der Waals surface area contributed by atoms with Gasteiger partial charge >= 0.3 is 0 Å². The van der Waals surface area contributed by atoms with Crippen LogP contribution in [0.4, 0.5) is 0 Å². The van der Waals surface area contributed by atoms with Crippen molar-refractivity contribution in [2.45, 2.75) is 49.5 Å². The highest BCUT2D eigenvalue weighted by Gasteiger charge is 2.24. The first kappa shape index (κ1) is 20.8. The van der Waals surface area contributed by atoms with Gasteiger partial charge in [-0.1, -0.05) is 18.6 Å². The zero-order valence-electron chi connectivity index (χ0n) is 13.3. The van der Waals surface area contributed by atoms with Gasteiger partial charge in [0, 0.05) is 27.9 Å². The molecule has 23 heavy (non-hydrogen) atoms. The normalized spacial score (nSPS) is 20.6. The molecule has 0 radical (unpaired) electrons. The Balaban J connectivity index is 0.00000264. The van der Waals surface area contributed by atoms with Crippen molar-refractivity contribution in [3.05, 3.63) is 28.7 Å². The summed E-state index contributed by atoms with van der Waals surface area (Å²) in [6, 6.07) is 8.49. The van der Waals surface area contributed by atoms with Crippen LogP contribution in [0.1, 0.15) is 38.5 Å². The molecule has 2 rings (SSSR count). The molecule has 3 nitrogen and oxygen atoms in total. The smallest absolute Gasteiger partial charge is 0.223 e. The second-order valence-electron chi connectivity index (χ2n) is 5.90. The zero-order chi connectivity index (χ0) is 15.8. The monoisotopic (exact) mass is 420 g/mol. The second-order valence-corrected chi connectivity index (χ2v) is 7.89. The van der Waals surface area contributed by atoms with Crippen LogP contribution in [0.5, 0.6) is 0 Å². The molecule has 1 aliphatic carbocycles. The van der Waals surface area contributed by atoms with Crippen molar-refractivity contribution >= 4 is 46.0 Å². The van der Waals surface area contributed by atoms with Crippen LogP contribution in [0, 0.1) is 5.92 Å². The maximum absolute atomic E-state index is 12.1. The van der Waals surface area contributed by atoms with Gasteiger partial charge in [-0.15, -0.1) is 24.2 Å². The summed E-state index contributed by atoms with van der Waals surface area (Å²) in [6.45, 7) is 0.779. The van der Waals surface area contributed by atoms with Crippen molar-refractivity contribution in [2.75, 3.05) is 12.3 Å². The Morgan fingerprint density at radius 2 is 2.09 bits per heavy atom. The molecular formula is C17H26BrClN2OS. The number of rotatable bonds is 7. The predicted molar refractivity (Wildman–Crippen MR) is 104 cm³/mol. The lowest BCUT2D eigenvalue weighted by Gasteiger charge is -2.25. The number of carbonyl (C=O) groups excluding carboxylic acids is 1. The van der Waals surface area contributed by atoms with Crippen LogP contribution in [0.2, 0.25) is 0 Å². The first-order valence-corrected chi connectivity index (χ1v) is 9.85. The van der Waals surface area contributed by atoms with E-state index in [-0.39, 0.29) is 30.3 Å². The quantitative estimate of drug-likeness (QED) is 0.507. The van der Waals surface area contributed by atoms with Crippen molar-refractivity contribution in [3.8, 4) is 0 Å². The van der Waals surface area contributed by atoms with Crippen LogP contribution in [-0.2, 0) is 4.79 Å². The number of nitrogens with one attached hydrogen (secondary N) is 1. The van der Waals surface area contributed by atoms with E-state index in [1.54, 1.807) is 0 Å². The predicted octanol–water partition coefficient (Wildman–Crippen LogP) is 4.38. The molecular weight excluding hydrogens is 396 g/mol. The van der Waals surface area contributed by atoms with Gasteiger partial charge in [0.2, 0.25) is 5.91 Å². The van der Waals surface area contributed by atoms with Crippen LogP contribution in [-0.4, -0.2) is 24.2 Å². The summed E-state index contributed by atoms with van der Waals surface area (Å²) in [7, 11) is 0. The van der Waals surface area contributed by atoms with E-state index in [1.807, 2.05) is 17.8 Å². The van der Waals surface area contributed by atoms with E-state index < -0.39 is 0 Å². The van der Waals surface area contributed by atoms with Crippen LogP contribution in [0.3, 0.4) is 0 Å². The fourth-order valence-electron chi connectivity index (χ4n) is 2.79. The third kappa shape index (κ3) is 7.46. The molecule has 1 aliphatic rings. The number of unbranched alkanes of at least 4 members (excludes halogenated alkanes) is 1. The molecule has 3 N–H and O–H groups in total. The number of amides is 1. The number of halogens is 2. The van der Waals surface area contributed by atoms with Crippen molar-refractivity contribution in [1.29, 1.82) is 0 Å². The molecule has 1 amide bonds. The Hall–Kier alpha value is -0.230. The Bertz CT molecular complexity index is 489. The van der Waals surface area contributed by atoms with Crippen LogP contribution in [0.25, 0.3) is 0 Å². The van der Waals surface area contributed by atoms with Crippen molar-refractivity contribution in [3.63, 3.8) is 0 Å². The Kier molecular flexibility index (Phi) is 10.3. The largest absolute Gasteiger partial charge is 0.356 e. The van der Waals surface area contributed by atoms with Gasteiger partial charge in [0.1, 0.15) is 0 Å². The van der Waals surface area contributed by atoms with Crippen molar-refractivity contribution in [2.24, 2.45) is 11.7 Å². The number of thioether (sulfide) groups is 1. The van der Waals surface area contributed by atoms with Gasteiger partial charge in [0.15, 0.2) is 0 Å². The number of benzene rings is 1. The van der Waals surface area contributed by atoms with Crippen molar-refractivity contribution < 1.29 is 4.79 Å². The molecule has 1 aromatic carbocycles. The highest BCUT2D eigenvalue weighted by Crippen LogP contribution is 2.27. The lowest BCUT2D eigenvalue weighted by molar-refractivity contribution is -0.126. The van der Waals surface area contributed by atoms with E-state index in [9.17, 15) is 4.79 Å². The summed E-state index contributed by atoms with van der Waals surface area (Å²) in [5, 5.41) is 3.07. The highest BCUT2D eigenvalue weighted by atomic mass is 79.9. The summed E-state index contributed by atoms with van der Waals surface area (Å²) >= 11 is 5.42. The van der Waals surface area contributed by atoms with Gasteiger partial charge in [-0.25, -0.2) is 0 Å². The summed E-state index contributed by atoms with van der Waals surface area (Å²) in [4.78, 5) is 13.3. The minimum atomic E-state index is 0. The van der Waals surface area contributed by atoms with Crippen LogP contribution in [0.15, 0.2) is 33.6 Å². The molecule has 0 aliphatic heterocycles. The highest BCUT2D eigenvalue weighted by molar-refractivity contribution is 9.10. The van der Waals surface area contributed by atoms with E-state index in [0.717, 1.165) is 55.3 Å². The van der Waals surface area contributed by atoms with Gasteiger partial charge in [0.05, 0.1) is 0 Å². The average molecular weight is 422 g/mol. The Morgan fingerprint density at radius 3 is 2.83 bits per heavy atom. The summed E-state index contributed by atoms with van der Waals surface area (Å²) in [5.74, 6) is 1.42. The third-order valence-corrected chi connectivity index (χ3v) is 6.16. The standard InChI is InChI=1S/C17H25BrN2OS.ClH/c18-15-8-1-2-9-16(15)22-11-4-3-10-20-17(21)13-6-5-7-14(19)12-13;/h1-2,8-9,13-14H,3-7,10-12,19H2,(H,20,21);1H. The van der Waals surface area contributed by atoms with E-state index in [1.165, 1.54) is 4.90 Å². The topological polar surface area (TPSA) is 55.1 Å². The molecule has 0 spiro atoms. The zero-order valence-corrected chi connectivity index (χ0v) is 16.5. The van der Waals surface area contributed by atoms with Gasteiger partial charge in [0.25, 0.3) is 0 Å². The molecule has 6 heteroatoms. The lowest BCUT2D eigenvalue weighted by Crippen LogP contribution is -2.38. The minimum absolute atomic E-state index is 0. The number of hydrogen-bond donors (Lipinski definition) is 2. The summed E-state index contributed by atoms with van der Waals surface area (Å²) < 4.78 is 1.15. The lowest BCUT2D eigenvalue weighted by atomic mass is 9.85. The van der Waals surface area contributed by atoms with Crippen LogP contribution >= 0.6 is 40.1 Å². The minimum Gasteiger partial charge on any atom is -0.356 e. The molecule has 1 aromatic rings. The molecule has 0 saturated heterocycles. The first-order chi connectivity index (χ1) is 10.7. The molecule has 1 fully saturated rings. The van der Waals surface area contributed by atoms with Crippen LogP contribution < -0.4 is 11.1 Å². The van der Waals surface area contributed by atoms with E-state index in [0.29, 0.717) is 0 Å². The molecule has 0 aromatic heterocycles. The number of nitrogens with two attached hydrogens (primary N) is 1. The van der Waals surface area contributed by atoms with Gasteiger partial charge in [-0.05, 0) is 65.9 Å². The molecule has 2 atom stereocenters. The fraction of sp³-hybridized carbons (Fsp3) is 0.588. The van der Waals surface area contributed by atoms with Gasteiger partial charge in [-0.3, -0.25) is 4.79 Å². The maximum Gasteiger partial charge on any atom is 0.223 e. The average Bonchev–Trinajstić information content (AvgIpc) is 2.52. The molecule has 0 heterocycles. The maximum atomic E-state index is 12.1. The second kappa shape index (κ2) is 11.3. The molecule has 2 unspecified atom stereocenters. The van der Waals surface area contributed by atoms with E-state index >= 15 is 0 Å². The van der Waals surface area contributed by atoms with E-state index in [4.69, 9.17) is 5.73 Å². The molecule has 1 saturated carbocycles. The molecule has 0 bridgehead atoms. The van der Waals surface area contributed by atoms with Gasteiger partial charge < -0.3 is 11.1 Å². The van der Waals surface area contributed by atoms with Crippen molar-refractivity contribution in [1.82, 2.24) is 5.32 Å². The fourth-order valence-corrected chi connectivity index (χ4v) is 4.37. The Morgan fingerprint density at radius 1 is 1.30 bits per heavy atom. The van der Waals surface area contributed by atoms with E-state index in [2.05, 4.69) is 39.4 Å². The summed E-state index contributed by atoms with van der Waals surface area (Å²) in [5.41, 5.74) is 5.94. The van der Waals surface area contributed by atoms with Gasteiger partial charge in [-0.2, -0.15) is 0 Å². The summed E-state index contributed by atoms with van der Waals surface area (Å²) in [6.07, 6.45) is 6.14. The number of hydrogen-bond acceptors (Lipinski definition) is 3. The third-order valence-electron chi connectivity index (χ3n) is 4.05. The first-order valence-electron chi connectivity index (χ1n) is 8.07. The molecule has 130 valence electrons. The Labute approximate surface area is 158 Å². The SMILES string of the molecule is Cl.NC1CCCC(C(=O)NCCCCSc2ccccc2Br)C1. The number of carbonyl (C=O) groups is 1.